The first kappa shape index (κ1) is 15.2. The summed E-state index contributed by atoms with van der Waals surface area (Å²) in [6, 6.07) is 0. The van der Waals surface area contributed by atoms with E-state index < -0.39 is 0 Å². The molecule has 2 rings (SSSR count). The molecule has 0 aliphatic carbocycles. The van der Waals surface area contributed by atoms with Crippen LogP contribution in [-0.4, -0.2) is 42.1 Å². The highest BCUT2D eigenvalue weighted by Crippen LogP contribution is 2.31. The number of esters is 1. The third-order valence-electron chi connectivity index (χ3n) is 3.22. The van der Waals surface area contributed by atoms with E-state index in [0.29, 0.717) is 30.3 Å². The van der Waals surface area contributed by atoms with Crippen molar-refractivity contribution in [3.05, 3.63) is 17.7 Å². The molecule has 1 atom stereocenters. The first-order valence-electron chi connectivity index (χ1n) is 6.46. The van der Waals surface area contributed by atoms with Crippen molar-refractivity contribution >= 4 is 5.97 Å². The second-order valence-electron chi connectivity index (χ2n) is 4.54. The summed E-state index contributed by atoms with van der Waals surface area (Å²) in [6.45, 7) is 2.35. The maximum Gasteiger partial charge on any atom is 0.306 e. The molecule has 0 fully saturated rings. The Hall–Kier alpha value is -2.22. The molecule has 0 bridgehead atoms. The zero-order valence-corrected chi connectivity index (χ0v) is 12.2. The molecule has 0 aliphatic heterocycles. The van der Waals surface area contributed by atoms with E-state index in [4.69, 9.17) is 18.5 Å². The van der Waals surface area contributed by atoms with E-state index in [1.807, 2.05) is 6.92 Å². The molecule has 0 spiro atoms. The van der Waals surface area contributed by atoms with Gasteiger partial charge in [0, 0.05) is 25.2 Å². The molecule has 0 saturated heterocycles. The van der Waals surface area contributed by atoms with Crippen molar-refractivity contribution in [3.8, 4) is 11.6 Å². The van der Waals surface area contributed by atoms with Crippen molar-refractivity contribution in [1.29, 1.82) is 0 Å². The van der Waals surface area contributed by atoms with Crippen LogP contribution in [0.4, 0.5) is 0 Å². The Morgan fingerprint density at radius 3 is 2.81 bits per heavy atom. The van der Waals surface area contributed by atoms with Crippen LogP contribution in [0.25, 0.3) is 11.6 Å². The van der Waals surface area contributed by atoms with Gasteiger partial charge in [-0.05, 0) is 13.3 Å². The fourth-order valence-corrected chi connectivity index (χ4v) is 2.09. The van der Waals surface area contributed by atoms with Gasteiger partial charge in [-0.25, -0.2) is 0 Å². The Bertz CT molecular complexity index is 579. The molecule has 114 valence electrons. The largest absolute Gasteiger partial charge is 0.469 e. The topological polar surface area (TPSA) is 100 Å². The third kappa shape index (κ3) is 3.46. The highest BCUT2D eigenvalue weighted by molar-refractivity contribution is 5.70. The zero-order valence-electron chi connectivity index (χ0n) is 12.2. The maximum absolute atomic E-state index is 11.5. The van der Waals surface area contributed by atoms with Gasteiger partial charge in [-0.15, -0.1) is 0 Å². The Labute approximate surface area is 121 Å². The van der Waals surface area contributed by atoms with Crippen LogP contribution in [0.3, 0.4) is 0 Å². The summed E-state index contributed by atoms with van der Waals surface area (Å²) in [6.07, 6.45) is 2.05. The molecular formula is C13H17N3O5. The quantitative estimate of drug-likeness (QED) is 0.712. The fraction of sp³-hybridized carbons (Fsp3) is 0.538. The molecule has 21 heavy (non-hydrogen) atoms. The first-order chi connectivity index (χ1) is 10.2. The number of hydrogen-bond donors (Lipinski definition) is 0. The minimum atomic E-state index is -0.306. The molecule has 8 heteroatoms. The van der Waals surface area contributed by atoms with Crippen LogP contribution in [0.1, 0.15) is 30.0 Å². The minimum Gasteiger partial charge on any atom is -0.469 e. The predicted octanol–water partition coefficient (Wildman–Crippen LogP) is 1.72. The van der Waals surface area contributed by atoms with Crippen molar-refractivity contribution in [1.82, 2.24) is 15.3 Å². The summed E-state index contributed by atoms with van der Waals surface area (Å²) in [5.74, 6) is 0.308. The molecule has 8 nitrogen and oxygen atoms in total. The molecule has 1 unspecified atom stereocenters. The first-order valence-corrected chi connectivity index (χ1v) is 6.46. The molecule has 0 N–H and O–H groups in total. The monoisotopic (exact) mass is 295 g/mol. The standard InChI is InChI=1S/C13H17N3O5/c1-8-11(9(4-5-18-2)6-10(17)19-3)15-21-12(8)13-14-7-20-16-13/h7,9H,4-6H2,1-3H3. The van der Waals surface area contributed by atoms with Crippen LogP contribution < -0.4 is 0 Å². The van der Waals surface area contributed by atoms with Crippen LogP contribution >= 0.6 is 0 Å². The van der Waals surface area contributed by atoms with Gasteiger partial charge in [-0.3, -0.25) is 4.79 Å². The maximum atomic E-state index is 11.5. The fourth-order valence-electron chi connectivity index (χ4n) is 2.09. The summed E-state index contributed by atoms with van der Waals surface area (Å²) < 4.78 is 19.8. The average molecular weight is 295 g/mol. The summed E-state index contributed by atoms with van der Waals surface area (Å²) in [7, 11) is 2.96. The number of carbonyl (C=O) groups excluding carboxylic acids is 1. The van der Waals surface area contributed by atoms with Gasteiger partial charge in [0.1, 0.15) is 0 Å². The lowest BCUT2D eigenvalue weighted by atomic mass is 9.94. The number of nitrogens with zero attached hydrogens (tertiary/aromatic N) is 3. The summed E-state index contributed by atoms with van der Waals surface area (Å²) in [4.78, 5) is 15.5. The molecule has 2 aromatic heterocycles. The van der Waals surface area contributed by atoms with Gasteiger partial charge in [0.25, 0.3) is 0 Å². The number of methoxy groups -OCH3 is 2. The van der Waals surface area contributed by atoms with Crippen molar-refractivity contribution < 1.29 is 23.3 Å². The van der Waals surface area contributed by atoms with E-state index in [0.717, 1.165) is 5.56 Å². The lowest BCUT2D eigenvalue weighted by Crippen LogP contribution is -2.12. The lowest BCUT2D eigenvalue weighted by molar-refractivity contribution is -0.141. The molecule has 2 aromatic rings. The second-order valence-corrected chi connectivity index (χ2v) is 4.54. The van der Waals surface area contributed by atoms with Crippen LogP contribution in [-0.2, 0) is 14.3 Å². The van der Waals surface area contributed by atoms with Gasteiger partial charge < -0.3 is 18.5 Å². The molecule has 0 aromatic carbocycles. The lowest BCUT2D eigenvalue weighted by Gasteiger charge is -2.13. The van der Waals surface area contributed by atoms with E-state index in [1.54, 1.807) is 7.11 Å². The van der Waals surface area contributed by atoms with Crippen molar-refractivity contribution in [3.63, 3.8) is 0 Å². The zero-order chi connectivity index (χ0) is 15.2. The van der Waals surface area contributed by atoms with Crippen LogP contribution in [0.5, 0.6) is 0 Å². The third-order valence-corrected chi connectivity index (χ3v) is 3.22. The van der Waals surface area contributed by atoms with Gasteiger partial charge in [0.05, 0.1) is 19.2 Å². The average Bonchev–Trinajstić information content (AvgIpc) is 3.12. The number of aromatic nitrogens is 3. The molecule has 0 amide bonds. The number of hydrogen-bond acceptors (Lipinski definition) is 8. The predicted molar refractivity (Wildman–Crippen MR) is 70.4 cm³/mol. The molecule has 0 aliphatic rings. The summed E-state index contributed by atoms with van der Waals surface area (Å²) >= 11 is 0. The van der Waals surface area contributed by atoms with Crippen molar-refractivity contribution in [2.45, 2.75) is 25.7 Å². The molecule has 0 saturated carbocycles. The second kappa shape index (κ2) is 6.98. The van der Waals surface area contributed by atoms with E-state index >= 15 is 0 Å². The van der Waals surface area contributed by atoms with Gasteiger partial charge in [-0.2, -0.15) is 4.98 Å². The van der Waals surface area contributed by atoms with Crippen molar-refractivity contribution in [2.24, 2.45) is 0 Å². The normalized spacial score (nSPS) is 12.3. The highest BCUT2D eigenvalue weighted by Gasteiger charge is 2.25. The smallest absolute Gasteiger partial charge is 0.306 e. The van der Waals surface area contributed by atoms with E-state index in [2.05, 4.69) is 15.3 Å². The minimum absolute atomic E-state index is 0.151. The van der Waals surface area contributed by atoms with Crippen LogP contribution in [0.2, 0.25) is 0 Å². The Kier molecular flexibility index (Phi) is 5.04. The van der Waals surface area contributed by atoms with E-state index in [1.165, 1.54) is 13.5 Å². The number of rotatable bonds is 7. The van der Waals surface area contributed by atoms with Crippen LogP contribution in [0.15, 0.2) is 15.4 Å². The van der Waals surface area contributed by atoms with E-state index in [-0.39, 0.29) is 18.3 Å². The highest BCUT2D eigenvalue weighted by atomic mass is 16.5. The molecular weight excluding hydrogens is 278 g/mol. The Morgan fingerprint density at radius 2 is 2.19 bits per heavy atom. The van der Waals surface area contributed by atoms with Gasteiger partial charge >= 0.3 is 5.97 Å². The van der Waals surface area contributed by atoms with Gasteiger partial charge in [0.2, 0.25) is 18.0 Å². The number of carbonyl (C=O) groups is 1. The molecule has 0 radical (unpaired) electrons. The van der Waals surface area contributed by atoms with E-state index in [9.17, 15) is 4.79 Å². The Morgan fingerprint density at radius 1 is 1.38 bits per heavy atom. The van der Waals surface area contributed by atoms with Crippen LogP contribution in [0, 0.1) is 6.92 Å². The summed E-state index contributed by atoms with van der Waals surface area (Å²) in [5, 5.41) is 7.78. The van der Waals surface area contributed by atoms with Gasteiger partial charge in [-0.1, -0.05) is 10.3 Å². The SMILES string of the molecule is COCCC(CC(=O)OC)c1noc(-c2ncon2)c1C. The number of ether oxygens (including phenoxy) is 2. The Balaban J connectivity index is 2.25. The molecule has 2 heterocycles. The van der Waals surface area contributed by atoms with Gasteiger partial charge in [0.15, 0.2) is 0 Å². The summed E-state index contributed by atoms with van der Waals surface area (Å²) in [5.41, 5.74) is 1.46. The van der Waals surface area contributed by atoms with Crippen molar-refractivity contribution in [2.75, 3.05) is 20.8 Å².